The fourth-order valence-corrected chi connectivity index (χ4v) is 9.54. The van der Waals surface area contributed by atoms with Gasteiger partial charge in [0.25, 0.3) is 0 Å². The lowest BCUT2D eigenvalue weighted by Crippen LogP contribution is -2.32. The summed E-state index contributed by atoms with van der Waals surface area (Å²) in [4.78, 5) is 25.9. The monoisotopic (exact) mass is 854 g/mol. The zero-order chi connectivity index (χ0) is 44.8. The van der Waals surface area contributed by atoms with Gasteiger partial charge in [-0.05, 0) is 89.5 Å². The predicted molar refractivity (Wildman–Crippen MR) is 232 cm³/mol. The van der Waals surface area contributed by atoms with Crippen LogP contribution in [0.4, 0.5) is 0 Å². The molecule has 4 N–H and O–H groups in total. The molecule has 0 aromatic carbocycles. The number of hydrogen-bond acceptors (Lipinski definition) is 12. The van der Waals surface area contributed by atoms with E-state index in [0.717, 1.165) is 44.8 Å². The molecule has 0 rings (SSSR count). The van der Waals surface area contributed by atoms with Gasteiger partial charge in [-0.2, -0.15) is 0 Å². The van der Waals surface area contributed by atoms with Crippen LogP contribution in [0.1, 0.15) is 151 Å². The molecule has 12 nitrogen and oxygen atoms in total. The number of rotatable bonds is 30. The number of sulfone groups is 2. The number of unbranched alkanes of at least 4 members (excludes halogenated alkanes) is 6. The third-order valence-electron chi connectivity index (χ3n) is 9.22. The van der Waals surface area contributed by atoms with Crippen molar-refractivity contribution in [3.63, 3.8) is 0 Å². The van der Waals surface area contributed by atoms with Crippen LogP contribution in [0.25, 0.3) is 0 Å². The fraction of sp³-hybridized carbons (Fsp3) is 0.591. The molecule has 0 heterocycles. The lowest BCUT2D eigenvalue weighted by Gasteiger charge is -2.22. The highest BCUT2D eigenvalue weighted by atomic mass is 32.2. The third-order valence-corrected chi connectivity index (χ3v) is 13.3. The molecule has 0 aromatic heterocycles. The smallest absolute Gasteiger partial charge is 0.357 e. The molecule has 0 spiro atoms. The molecule has 0 bridgehead atoms. The summed E-state index contributed by atoms with van der Waals surface area (Å²) in [6.45, 7) is 26.2. The Morgan fingerprint density at radius 3 is 1.29 bits per heavy atom. The number of allylic oxidation sites excluding steroid dienone is 7. The van der Waals surface area contributed by atoms with E-state index in [0.29, 0.717) is 56.1 Å². The first-order chi connectivity index (χ1) is 26.9. The highest BCUT2D eigenvalue weighted by Crippen LogP contribution is 2.29. The molecule has 14 heteroatoms. The predicted octanol–water partition coefficient (Wildman–Crippen LogP) is 11.0. The van der Waals surface area contributed by atoms with Crippen LogP contribution in [0, 0.1) is 0 Å². The third kappa shape index (κ3) is 19.1. The van der Waals surface area contributed by atoms with Crippen LogP contribution in [-0.2, 0) is 38.7 Å². The molecular formula is C44H70O12S2. The molecule has 0 aliphatic carbocycles. The van der Waals surface area contributed by atoms with Crippen molar-refractivity contribution in [2.75, 3.05) is 0 Å². The number of ether oxygens (including phenoxy) is 2. The Bertz CT molecular complexity index is 1790. The highest BCUT2D eigenvalue weighted by Gasteiger charge is 2.34. The van der Waals surface area contributed by atoms with Crippen molar-refractivity contribution < 1.29 is 56.3 Å². The molecule has 3 unspecified atom stereocenters. The molecule has 0 aromatic rings. The molecule has 0 fully saturated rings. The minimum absolute atomic E-state index is 0.0205. The van der Waals surface area contributed by atoms with E-state index in [1.54, 1.807) is 13.8 Å². The molecule has 330 valence electrons. The van der Waals surface area contributed by atoms with Crippen molar-refractivity contribution in [2.45, 2.75) is 168 Å². The molecule has 0 aliphatic rings. The largest absolute Gasteiger partial charge is 0.512 e. The fourth-order valence-electron chi connectivity index (χ4n) is 6.22. The van der Waals surface area contributed by atoms with Crippen LogP contribution >= 0.6 is 0 Å². The van der Waals surface area contributed by atoms with Gasteiger partial charge in [0.2, 0.25) is 36.0 Å². The molecular weight excluding hydrogens is 785 g/mol. The van der Waals surface area contributed by atoms with Gasteiger partial charge in [0.05, 0.1) is 16.3 Å². The molecule has 0 radical (unpaired) electrons. The first-order valence-electron chi connectivity index (χ1n) is 20.1. The van der Waals surface area contributed by atoms with Crippen LogP contribution in [-0.4, -0.2) is 65.8 Å². The van der Waals surface area contributed by atoms with Crippen molar-refractivity contribution in [1.82, 2.24) is 0 Å². The summed E-state index contributed by atoms with van der Waals surface area (Å²) in [5, 5.41) is 39.8. The molecule has 0 saturated heterocycles. The Labute approximate surface area is 348 Å². The van der Waals surface area contributed by atoms with Crippen LogP contribution in [0.5, 0.6) is 0 Å². The van der Waals surface area contributed by atoms with Crippen LogP contribution < -0.4 is 0 Å². The minimum atomic E-state index is -4.02. The van der Waals surface area contributed by atoms with Gasteiger partial charge in [-0.1, -0.05) is 103 Å². The zero-order valence-electron chi connectivity index (χ0n) is 35.9. The summed E-state index contributed by atoms with van der Waals surface area (Å²) < 4.78 is 63.5. The molecule has 0 aliphatic heterocycles. The van der Waals surface area contributed by atoms with E-state index in [9.17, 15) is 46.9 Å². The van der Waals surface area contributed by atoms with E-state index in [1.165, 1.54) is 13.8 Å². The number of esters is 2. The van der Waals surface area contributed by atoms with Crippen LogP contribution in [0.2, 0.25) is 0 Å². The van der Waals surface area contributed by atoms with E-state index >= 15 is 0 Å². The zero-order valence-corrected chi connectivity index (χ0v) is 37.5. The van der Waals surface area contributed by atoms with Gasteiger partial charge in [-0.15, -0.1) is 0 Å². The van der Waals surface area contributed by atoms with Gasteiger partial charge < -0.3 is 29.9 Å². The van der Waals surface area contributed by atoms with Gasteiger partial charge in [-0.25, -0.2) is 21.6 Å². The highest BCUT2D eigenvalue weighted by molar-refractivity contribution is 7.95. The van der Waals surface area contributed by atoms with Crippen molar-refractivity contribution in [1.29, 1.82) is 0 Å². The molecule has 3 atom stereocenters. The quantitative estimate of drug-likeness (QED) is 0.0231. The van der Waals surface area contributed by atoms with Crippen molar-refractivity contribution >= 4 is 31.6 Å². The second-order valence-electron chi connectivity index (χ2n) is 15.1. The van der Waals surface area contributed by atoms with E-state index in [2.05, 4.69) is 26.3 Å². The lowest BCUT2D eigenvalue weighted by molar-refractivity contribution is -0.161. The Morgan fingerprint density at radius 1 is 0.586 bits per heavy atom. The van der Waals surface area contributed by atoms with Gasteiger partial charge in [0.15, 0.2) is 5.76 Å². The van der Waals surface area contributed by atoms with E-state index < -0.39 is 58.4 Å². The van der Waals surface area contributed by atoms with Crippen LogP contribution in [0.15, 0.2) is 93.8 Å². The number of aliphatic hydroxyl groups is 4. The van der Waals surface area contributed by atoms with Gasteiger partial charge >= 0.3 is 11.9 Å². The SMILES string of the molecule is C=C(C)/C=C(\O)S(=O)(=O)C(CCCCC)CCCC/C(O)=C(/OC(=O)C(OC(C)=O)/C(C(=C)C)=C(\O)CCCCC(CCCCC)S(=O)(=O)/C(O)=C/C(=C)C)C(=C)C. The molecule has 0 amide bonds. The van der Waals surface area contributed by atoms with Crippen molar-refractivity contribution in [2.24, 2.45) is 0 Å². The normalized spacial score (nSPS) is 15.0. The summed E-state index contributed by atoms with van der Waals surface area (Å²) in [6, 6.07) is 0. The van der Waals surface area contributed by atoms with E-state index in [-0.39, 0.29) is 66.1 Å². The number of carbonyl (C=O) groups excluding carboxylic acids is 2. The average Bonchev–Trinajstić information content (AvgIpc) is 3.10. The van der Waals surface area contributed by atoms with Gasteiger partial charge in [0.1, 0.15) is 5.76 Å². The molecule has 0 saturated carbocycles. The summed E-state index contributed by atoms with van der Waals surface area (Å²) in [6.07, 6.45) is 7.49. The molecule has 58 heavy (non-hydrogen) atoms. The summed E-state index contributed by atoms with van der Waals surface area (Å²) in [7, 11) is -8.03. The average molecular weight is 855 g/mol. The minimum Gasteiger partial charge on any atom is -0.512 e. The Balaban J connectivity index is 6.21. The maximum atomic E-state index is 13.7. The summed E-state index contributed by atoms with van der Waals surface area (Å²) in [5.74, 6) is -2.97. The standard InChI is InChI=1S/C44H70O12S2/c1-12-14-16-22-35(57(51,52)39(48)28-30(3)4)24-18-20-26-37(46)41(32(7)8)43(55-34(11)45)44(50)56-42(33(9)10)38(47)27-21-19-25-36(23-17-15-13-2)58(53,54)40(49)29-31(5)6/h28-29,35-36,43,46-49H,3,5,7,9,12-27H2,1-2,4,6,8,10-11H3/b39-28+,40-29+,41-37-,42-38-. The van der Waals surface area contributed by atoms with Crippen molar-refractivity contribution in [3.8, 4) is 0 Å². The van der Waals surface area contributed by atoms with E-state index in [1.807, 2.05) is 13.8 Å². The topological polar surface area (TPSA) is 202 Å². The van der Waals surface area contributed by atoms with Gasteiger partial charge in [0, 0.05) is 25.3 Å². The first-order valence-corrected chi connectivity index (χ1v) is 23.2. The Kier molecular flexibility index (Phi) is 25.0. The van der Waals surface area contributed by atoms with Crippen molar-refractivity contribution in [3.05, 3.63) is 93.8 Å². The summed E-state index contributed by atoms with van der Waals surface area (Å²) in [5.41, 5.74) is 1.02. The second-order valence-corrected chi connectivity index (χ2v) is 19.4. The maximum Gasteiger partial charge on any atom is 0.357 e. The van der Waals surface area contributed by atoms with E-state index in [4.69, 9.17) is 9.47 Å². The van der Waals surface area contributed by atoms with Gasteiger partial charge in [-0.3, -0.25) is 4.79 Å². The Morgan fingerprint density at radius 2 is 0.966 bits per heavy atom. The maximum absolute atomic E-state index is 13.7. The summed E-state index contributed by atoms with van der Waals surface area (Å²) >= 11 is 0. The Hall–Kier alpha value is -4.04. The lowest BCUT2D eigenvalue weighted by atomic mass is 9.98. The first kappa shape index (κ1) is 54.0. The number of hydrogen-bond donors (Lipinski definition) is 4. The number of carbonyl (C=O) groups is 2. The van der Waals surface area contributed by atoms with Crippen LogP contribution in [0.3, 0.4) is 0 Å². The second kappa shape index (κ2) is 26.9. The number of aliphatic hydroxyl groups excluding tert-OH is 4.